The van der Waals surface area contributed by atoms with Gasteiger partial charge in [0.25, 0.3) is 0 Å². The van der Waals surface area contributed by atoms with Crippen LogP contribution < -0.4 is 0 Å². The maximum Gasteiger partial charge on any atom is 0.123 e. The number of rotatable bonds is 3. The number of hydrogen-bond acceptors (Lipinski definition) is 2. The Hall–Kier alpha value is -1.44. The summed E-state index contributed by atoms with van der Waals surface area (Å²) in [5, 5.41) is 19.3. The van der Waals surface area contributed by atoms with Gasteiger partial charge in [-0.1, -0.05) is 18.6 Å². The molecular weight excluding hydrogens is 188 g/mol. The molecule has 0 fully saturated rings. The molecule has 0 aromatic heterocycles. The van der Waals surface area contributed by atoms with Gasteiger partial charge in [0.15, 0.2) is 0 Å². The van der Waals surface area contributed by atoms with Gasteiger partial charge in [0.05, 0.1) is 0 Å². The van der Waals surface area contributed by atoms with E-state index in [1.807, 2.05) is 19.9 Å². The summed E-state index contributed by atoms with van der Waals surface area (Å²) in [4.78, 5) is 0. The van der Waals surface area contributed by atoms with Crippen LogP contribution in [0.5, 0.6) is 11.5 Å². The smallest absolute Gasteiger partial charge is 0.123 e. The van der Waals surface area contributed by atoms with Crippen LogP contribution in [-0.2, 0) is 6.42 Å². The van der Waals surface area contributed by atoms with E-state index in [4.69, 9.17) is 0 Å². The zero-order valence-corrected chi connectivity index (χ0v) is 9.54. The van der Waals surface area contributed by atoms with Crippen LogP contribution in [0.25, 0.3) is 0 Å². The van der Waals surface area contributed by atoms with E-state index in [-0.39, 0.29) is 11.5 Å². The first-order chi connectivity index (χ1) is 7.04. The molecule has 1 aromatic rings. The summed E-state index contributed by atoms with van der Waals surface area (Å²) >= 11 is 0. The van der Waals surface area contributed by atoms with Gasteiger partial charge in [0.1, 0.15) is 11.5 Å². The topological polar surface area (TPSA) is 40.5 Å². The lowest BCUT2D eigenvalue weighted by molar-refractivity contribution is 0.440. The van der Waals surface area contributed by atoms with Crippen molar-refractivity contribution in [1.29, 1.82) is 0 Å². The van der Waals surface area contributed by atoms with Crippen LogP contribution in [0.15, 0.2) is 23.8 Å². The molecule has 1 rings (SSSR count). The molecule has 0 saturated carbocycles. The first-order valence-corrected chi connectivity index (χ1v) is 5.21. The standard InChI is InChI=1S/C13H18O2/c1-4-9(2)5-6-11-12(14)7-10(3)8-13(11)15/h5,7-8,14-15H,4,6H2,1-3H3/b9-5+. The highest BCUT2D eigenvalue weighted by molar-refractivity contribution is 5.47. The van der Waals surface area contributed by atoms with Crippen molar-refractivity contribution < 1.29 is 10.2 Å². The first-order valence-electron chi connectivity index (χ1n) is 5.21. The zero-order valence-electron chi connectivity index (χ0n) is 9.54. The molecule has 2 heteroatoms. The number of hydrogen-bond donors (Lipinski definition) is 2. The number of aromatic hydroxyl groups is 2. The third-order valence-corrected chi connectivity index (χ3v) is 2.56. The monoisotopic (exact) mass is 206 g/mol. The lowest BCUT2D eigenvalue weighted by Crippen LogP contribution is -1.87. The van der Waals surface area contributed by atoms with Gasteiger partial charge in [-0.2, -0.15) is 0 Å². The maximum absolute atomic E-state index is 9.67. The lowest BCUT2D eigenvalue weighted by atomic mass is 10.0. The van der Waals surface area contributed by atoms with Gasteiger partial charge >= 0.3 is 0 Å². The second-order valence-corrected chi connectivity index (χ2v) is 3.89. The molecule has 0 atom stereocenters. The molecule has 2 nitrogen and oxygen atoms in total. The van der Waals surface area contributed by atoms with Crippen LogP contribution in [0.3, 0.4) is 0 Å². The molecule has 0 bridgehead atoms. The third-order valence-electron chi connectivity index (χ3n) is 2.56. The summed E-state index contributed by atoms with van der Waals surface area (Å²) in [6.07, 6.45) is 3.61. The van der Waals surface area contributed by atoms with Crippen LogP contribution in [0.2, 0.25) is 0 Å². The van der Waals surface area contributed by atoms with E-state index in [1.54, 1.807) is 12.1 Å². The zero-order chi connectivity index (χ0) is 11.4. The largest absolute Gasteiger partial charge is 0.508 e. The number of phenolic OH excluding ortho intramolecular Hbond substituents is 2. The molecule has 2 N–H and O–H groups in total. The highest BCUT2D eigenvalue weighted by Crippen LogP contribution is 2.29. The molecule has 0 aliphatic rings. The Morgan fingerprint density at radius 1 is 1.27 bits per heavy atom. The highest BCUT2D eigenvalue weighted by Gasteiger charge is 2.06. The van der Waals surface area contributed by atoms with E-state index in [9.17, 15) is 10.2 Å². The van der Waals surface area contributed by atoms with Crippen LogP contribution in [0, 0.1) is 6.92 Å². The Labute approximate surface area is 90.9 Å². The summed E-state index contributed by atoms with van der Waals surface area (Å²) in [6.45, 7) is 5.97. The third kappa shape index (κ3) is 3.01. The van der Waals surface area contributed by atoms with Crippen molar-refractivity contribution in [1.82, 2.24) is 0 Å². The Balaban J connectivity index is 2.95. The fourth-order valence-corrected chi connectivity index (χ4v) is 1.41. The van der Waals surface area contributed by atoms with Gasteiger partial charge in [0, 0.05) is 5.56 Å². The quantitative estimate of drug-likeness (QED) is 0.745. The Kier molecular flexibility index (Phi) is 3.78. The van der Waals surface area contributed by atoms with E-state index in [0.29, 0.717) is 12.0 Å². The van der Waals surface area contributed by atoms with Gasteiger partial charge in [-0.25, -0.2) is 0 Å². The Morgan fingerprint density at radius 3 is 2.27 bits per heavy atom. The Bertz CT molecular complexity index is 355. The van der Waals surface area contributed by atoms with Crippen LogP contribution in [0.4, 0.5) is 0 Å². The minimum Gasteiger partial charge on any atom is -0.508 e. The predicted octanol–water partition coefficient (Wildman–Crippen LogP) is 3.31. The van der Waals surface area contributed by atoms with Crippen molar-refractivity contribution in [2.45, 2.75) is 33.6 Å². The minimum absolute atomic E-state index is 0.174. The molecule has 0 amide bonds. The van der Waals surface area contributed by atoms with Crippen LogP contribution >= 0.6 is 0 Å². The van der Waals surface area contributed by atoms with E-state index in [2.05, 4.69) is 6.92 Å². The van der Waals surface area contributed by atoms with Gasteiger partial charge in [-0.15, -0.1) is 0 Å². The van der Waals surface area contributed by atoms with Gasteiger partial charge in [-0.3, -0.25) is 0 Å². The molecule has 0 spiro atoms. The molecule has 0 heterocycles. The van der Waals surface area contributed by atoms with Crippen molar-refractivity contribution in [2.24, 2.45) is 0 Å². The van der Waals surface area contributed by atoms with Gasteiger partial charge in [-0.05, 0) is 44.4 Å². The molecule has 82 valence electrons. The Morgan fingerprint density at radius 2 is 1.80 bits per heavy atom. The van der Waals surface area contributed by atoms with Crippen molar-refractivity contribution in [3.63, 3.8) is 0 Å². The summed E-state index contributed by atoms with van der Waals surface area (Å²) in [5.41, 5.74) is 2.73. The number of benzene rings is 1. The number of aryl methyl sites for hydroxylation is 1. The fraction of sp³-hybridized carbons (Fsp3) is 0.385. The van der Waals surface area contributed by atoms with Crippen molar-refractivity contribution in [3.05, 3.63) is 34.9 Å². The molecule has 0 radical (unpaired) electrons. The van der Waals surface area contributed by atoms with Gasteiger partial charge < -0.3 is 10.2 Å². The lowest BCUT2D eigenvalue weighted by Gasteiger charge is -2.06. The van der Waals surface area contributed by atoms with Gasteiger partial charge in [0.2, 0.25) is 0 Å². The predicted molar refractivity (Wildman–Crippen MR) is 62.3 cm³/mol. The van der Waals surface area contributed by atoms with E-state index < -0.39 is 0 Å². The second-order valence-electron chi connectivity index (χ2n) is 3.89. The summed E-state index contributed by atoms with van der Waals surface area (Å²) < 4.78 is 0. The highest BCUT2D eigenvalue weighted by atomic mass is 16.3. The number of phenols is 2. The van der Waals surface area contributed by atoms with Crippen LogP contribution in [0.1, 0.15) is 31.4 Å². The average molecular weight is 206 g/mol. The summed E-state index contributed by atoms with van der Waals surface area (Å²) in [7, 11) is 0. The summed E-state index contributed by atoms with van der Waals surface area (Å²) in [6, 6.07) is 3.34. The molecular formula is C13H18O2. The van der Waals surface area contributed by atoms with E-state index in [1.165, 1.54) is 5.57 Å². The molecule has 15 heavy (non-hydrogen) atoms. The SMILES string of the molecule is CC/C(C)=C/Cc1c(O)cc(C)cc1O. The van der Waals surface area contributed by atoms with E-state index in [0.717, 1.165) is 12.0 Å². The van der Waals surface area contributed by atoms with Crippen molar-refractivity contribution >= 4 is 0 Å². The minimum atomic E-state index is 0.174. The average Bonchev–Trinajstić information content (AvgIpc) is 2.15. The van der Waals surface area contributed by atoms with Crippen molar-refractivity contribution in [3.8, 4) is 11.5 Å². The molecule has 0 aliphatic carbocycles. The second kappa shape index (κ2) is 4.87. The molecule has 0 unspecified atom stereocenters. The van der Waals surface area contributed by atoms with Crippen molar-refractivity contribution in [2.75, 3.05) is 0 Å². The number of allylic oxidation sites excluding steroid dienone is 2. The van der Waals surface area contributed by atoms with Crippen LogP contribution in [-0.4, -0.2) is 10.2 Å². The summed E-state index contributed by atoms with van der Waals surface area (Å²) in [5.74, 6) is 0.348. The maximum atomic E-state index is 9.67. The molecule has 0 aliphatic heterocycles. The normalized spacial score (nSPS) is 11.8. The fourth-order valence-electron chi connectivity index (χ4n) is 1.41. The van der Waals surface area contributed by atoms with E-state index >= 15 is 0 Å². The first kappa shape index (κ1) is 11.6. The molecule has 0 saturated heterocycles. The molecule has 1 aromatic carbocycles.